The molecule has 0 unspecified atom stereocenters. The topological polar surface area (TPSA) is 69.0 Å². The second-order valence-electron chi connectivity index (χ2n) is 5.71. The van der Waals surface area contributed by atoms with E-state index in [9.17, 15) is 4.79 Å². The molecule has 0 aliphatic carbocycles. The summed E-state index contributed by atoms with van der Waals surface area (Å²) in [5.41, 5.74) is 3.80. The summed E-state index contributed by atoms with van der Waals surface area (Å²) in [5.74, 6) is 0.537. The van der Waals surface area contributed by atoms with Gasteiger partial charge < -0.3 is 10.1 Å². The van der Waals surface area contributed by atoms with Gasteiger partial charge in [-0.1, -0.05) is 18.2 Å². The van der Waals surface area contributed by atoms with Gasteiger partial charge in [0.1, 0.15) is 5.75 Å². The highest BCUT2D eigenvalue weighted by atomic mass is 16.5. The molecule has 0 fully saturated rings. The fraction of sp³-hybridized carbons (Fsp3) is 0.211. The zero-order chi connectivity index (χ0) is 17.6. The predicted octanol–water partition coefficient (Wildman–Crippen LogP) is 2.49. The van der Waals surface area contributed by atoms with Crippen molar-refractivity contribution in [3.8, 4) is 17.0 Å². The second kappa shape index (κ2) is 7.61. The highest BCUT2D eigenvalue weighted by Crippen LogP contribution is 2.19. The second-order valence-corrected chi connectivity index (χ2v) is 5.71. The van der Waals surface area contributed by atoms with Crippen molar-refractivity contribution in [2.45, 2.75) is 13.5 Å². The Morgan fingerprint density at radius 1 is 1.20 bits per heavy atom. The van der Waals surface area contributed by atoms with Gasteiger partial charge in [-0.3, -0.25) is 14.5 Å². The number of ether oxygens (including phenoxy) is 1. The maximum atomic E-state index is 12.0. The average Bonchev–Trinajstić information content (AvgIpc) is 3.01. The molecule has 3 aromatic rings. The van der Waals surface area contributed by atoms with E-state index in [2.05, 4.69) is 15.4 Å². The van der Waals surface area contributed by atoms with Gasteiger partial charge in [0, 0.05) is 25.0 Å². The Balaban J connectivity index is 1.55. The summed E-state index contributed by atoms with van der Waals surface area (Å²) >= 11 is 0. The third-order valence-corrected chi connectivity index (χ3v) is 3.83. The van der Waals surface area contributed by atoms with Crippen molar-refractivity contribution in [3.63, 3.8) is 0 Å². The Hall–Kier alpha value is -3.15. The number of carbonyl (C=O) groups is 1. The van der Waals surface area contributed by atoms with Gasteiger partial charge in [0.25, 0.3) is 5.91 Å². The number of pyridine rings is 1. The van der Waals surface area contributed by atoms with E-state index in [1.807, 2.05) is 56.4 Å². The van der Waals surface area contributed by atoms with Crippen LogP contribution in [-0.2, 0) is 18.4 Å². The van der Waals surface area contributed by atoms with Crippen LogP contribution in [0.2, 0.25) is 0 Å². The minimum Gasteiger partial charge on any atom is -0.484 e. The van der Waals surface area contributed by atoms with Gasteiger partial charge in [-0.25, -0.2) is 0 Å². The molecule has 2 aromatic heterocycles. The number of hydrogen-bond donors (Lipinski definition) is 1. The van der Waals surface area contributed by atoms with E-state index in [1.165, 1.54) is 0 Å². The van der Waals surface area contributed by atoms with Crippen LogP contribution in [0.25, 0.3) is 11.3 Å². The first-order valence-corrected chi connectivity index (χ1v) is 8.02. The van der Waals surface area contributed by atoms with Crippen molar-refractivity contribution in [1.82, 2.24) is 20.1 Å². The lowest BCUT2D eigenvalue weighted by Crippen LogP contribution is -2.28. The van der Waals surface area contributed by atoms with Crippen LogP contribution in [-0.4, -0.2) is 27.3 Å². The minimum absolute atomic E-state index is 0.0189. The Morgan fingerprint density at radius 2 is 1.96 bits per heavy atom. The predicted molar refractivity (Wildman–Crippen MR) is 95.0 cm³/mol. The molecule has 128 valence electrons. The van der Waals surface area contributed by atoms with Crippen LogP contribution in [0.1, 0.15) is 11.3 Å². The third-order valence-electron chi connectivity index (χ3n) is 3.83. The number of amides is 1. The fourth-order valence-corrected chi connectivity index (χ4v) is 2.51. The molecule has 0 saturated carbocycles. The summed E-state index contributed by atoms with van der Waals surface area (Å²) in [6.45, 7) is 2.28. The number of hydrogen-bond acceptors (Lipinski definition) is 4. The molecule has 1 amide bonds. The number of para-hydroxylation sites is 1. The highest BCUT2D eigenvalue weighted by molar-refractivity contribution is 5.77. The molecule has 6 heteroatoms. The zero-order valence-electron chi connectivity index (χ0n) is 14.3. The van der Waals surface area contributed by atoms with Gasteiger partial charge in [-0.15, -0.1) is 0 Å². The van der Waals surface area contributed by atoms with Crippen molar-refractivity contribution < 1.29 is 9.53 Å². The van der Waals surface area contributed by atoms with Crippen LogP contribution >= 0.6 is 0 Å². The Kier molecular flexibility index (Phi) is 5.09. The monoisotopic (exact) mass is 336 g/mol. The van der Waals surface area contributed by atoms with Crippen molar-refractivity contribution >= 4 is 5.91 Å². The minimum atomic E-state index is -0.181. The molecule has 0 bridgehead atoms. The van der Waals surface area contributed by atoms with Crippen LogP contribution in [0.15, 0.2) is 54.9 Å². The van der Waals surface area contributed by atoms with E-state index in [4.69, 9.17) is 4.74 Å². The van der Waals surface area contributed by atoms with Gasteiger partial charge in [0.05, 0.1) is 17.9 Å². The largest absolute Gasteiger partial charge is 0.484 e. The summed E-state index contributed by atoms with van der Waals surface area (Å²) < 4.78 is 7.33. The number of nitrogens with one attached hydrogen (secondary N) is 1. The number of aromatic nitrogens is 3. The number of benzene rings is 1. The van der Waals surface area contributed by atoms with Crippen molar-refractivity contribution in [2.24, 2.45) is 7.05 Å². The molecule has 25 heavy (non-hydrogen) atoms. The van der Waals surface area contributed by atoms with Crippen molar-refractivity contribution in [3.05, 3.63) is 66.1 Å². The molecule has 0 atom stereocenters. The first kappa shape index (κ1) is 16.7. The molecular weight excluding hydrogens is 316 g/mol. The molecule has 1 aromatic carbocycles. The standard InChI is InChI=1S/C19H20N4O2/c1-14-5-3-4-6-18(14)25-13-19(24)21-12-16-11-17(23(2)22-16)15-7-9-20-10-8-15/h3-11H,12-13H2,1-2H3,(H,21,24). The van der Waals surface area contributed by atoms with Crippen LogP contribution in [0.3, 0.4) is 0 Å². The summed E-state index contributed by atoms with van der Waals surface area (Å²) in [6.07, 6.45) is 3.49. The van der Waals surface area contributed by atoms with E-state index in [-0.39, 0.29) is 12.5 Å². The van der Waals surface area contributed by atoms with E-state index in [1.54, 1.807) is 17.1 Å². The van der Waals surface area contributed by atoms with Crippen molar-refractivity contribution in [2.75, 3.05) is 6.61 Å². The summed E-state index contributed by atoms with van der Waals surface area (Å²) in [7, 11) is 1.88. The van der Waals surface area contributed by atoms with Crippen LogP contribution in [0.4, 0.5) is 0 Å². The summed E-state index contributed by atoms with van der Waals surface area (Å²) in [4.78, 5) is 16.0. The fourth-order valence-electron chi connectivity index (χ4n) is 2.51. The molecule has 0 spiro atoms. The normalized spacial score (nSPS) is 10.5. The third kappa shape index (κ3) is 4.23. The molecule has 0 aliphatic rings. The lowest BCUT2D eigenvalue weighted by Gasteiger charge is -2.08. The van der Waals surface area contributed by atoms with Crippen LogP contribution < -0.4 is 10.1 Å². The highest BCUT2D eigenvalue weighted by Gasteiger charge is 2.09. The van der Waals surface area contributed by atoms with E-state index in [0.29, 0.717) is 6.54 Å². The first-order valence-electron chi connectivity index (χ1n) is 8.02. The number of nitrogens with zero attached hydrogens (tertiary/aromatic N) is 3. The summed E-state index contributed by atoms with van der Waals surface area (Å²) in [6, 6.07) is 13.4. The van der Waals surface area contributed by atoms with E-state index in [0.717, 1.165) is 28.3 Å². The number of aryl methyl sites for hydroxylation is 2. The van der Waals surface area contributed by atoms with E-state index < -0.39 is 0 Å². The number of rotatable bonds is 6. The Bertz CT molecular complexity index is 859. The maximum Gasteiger partial charge on any atom is 0.258 e. The molecule has 3 rings (SSSR count). The number of carbonyl (C=O) groups excluding carboxylic acids is 1. The molecule has 1 N–H and O–H groups in total. The lowest BCUT2D eigenvalue weighted by atomic mass is 10.2. The van der Waals surface area contributed by atoms with E-state index >= 15 is 0 Å². The molecule has 0 saturated heterocycles. The Morgan fingerprint density at radius 3 is 2.72 bits per heavy atom. The molecule has 0 radical (unpaired) electrons. The van der Waals surface area contributed by atoms with Crippen LogP contribution in [0.5, 0.6) is 5.75 Å². The summed E-state index contributed by atoms with van der Waals surface area (Å²) in [5, 5.41) is 7.26. The molecule has 6 nitrogen and oxygen atoms in total. The quantitative estimate of drug-likeness (QED) is 0.751. The van der Waals surface area contributed by atoms with Gasteiger partial charge in [0.15, 0.2) is 6.61 Å². The first-order chi connectivity index (χ1) is 12.1. The SMILES string of the molecule is Cc1ccccc1OCC(=O)NCc1cc(-c2ccncc2)n(C)n1. The van der Waals surface area contributed by atoms with Gasteiger partial charge in [0.2, 0.25) is 0 Å². The Labute approximate surface area is 146 Å². The molecule has 0 aliphatic heterocycles. The lowest BCUT2D eigenvalue weighted by molar-refractivity contribution is -0.123. The van der Waals surface area contributed by atoms with Gasteiger partial charge in [-0.05, 0) is 36.8 Å². The average molecular weight is 336 g/mol. The van der Waals surface area contributed by atoms with Crippen LogP contribution in [0, 0.1) is 6.92 Å². The van der Waals surface area contributed by atoms with Gasteiger partial charge in [-0.2, -0.15) is 5.10 Å². The van der Waals surface area contributed by atoms with Crippen molar-refractivity contribution in [1.29, 1.82) is 0 Å². The smallest absolute Gasteiger partial charge is 0.258 e. The molecular formula is C19H20N4O2. The maximum absolute atomic E-state index is 12.0. The zero-order valence-corrected chi connectivity index (χ0v) is 14.3. The molecule has 2 heterocycles. The van der Waals surface area contributed by atoms with Gasteiger partial charge >= 0.3 is 0 Å².